The third kappa shape index (κ3) is 3.29. The van der Waals surface area contributed by atoms with Crippen molar-refractivity contribution < 1.29 is 9.53 Å². The molecule has 0 N–H and O–H groups in total. The maximum atomic E-state index is 13.3. The monoisotopic (exact) mass is 352 g/mol. The zero-order chi connectivity index (χ0) is 17.9. The molecule has 6 nitrogen and oxygen atoms in total. The number of carbonyl (C=O) groups is 1. The van der Waals surface area contributed by atoms with Gasteiger partial charge in [-0.2, -0.15) is 0 Å². The number of hydrogen-bond acceptors (Lipinski definition) is 5. The Morgan fingerprint density at radius 1 is 1.23 bits per heavy atom. The van der Waals surface area contributed by atoms with Crippen LogP contribution in [0, 0.1) is 11.8 Å². The zero-order valence-corrected chi connectivity index (χ0v) is 15.0. The van der Waals surface area contributed by atoms with E-state index in [0.29, 0.717) is 19.7 Å². The van der Waals surface area contributed by atoms with Gasteiger partial charge in [0.25, 0.3) is 0 Å². The number of hydrogen-bond donors (Lipinski definition) is 0. The van der Waals surface area contributed by atoms with Crippen LogP contribution in [-0.2, 0) is 22.5 Å². The summed E-state index contributed by atoms with van der Waals surface area (Å²) in [6.07, 6.45) is 4.22. The number of nitrogens with zero attached hydrogens (tertiary/aromatic N) is 4. The normalized spacial score (nSPS) is 22.3. The Labute approximate surface area is 153 Å². The van der Waals surface area contributed by atoms with E-state index >= 15 is 0 Å². The SMILES string of the molecule is COC[C@@H]1CN(c2ccncn2)C[C@H]1C(=O)N1CCc2ccccc2C1. The average Bonchev–Trinajstić information content (AvgIpc) is 3.12. The molecule has 2 aromatic rings. The maximum Gasteiger partial charge on any atom is 0.228 e. The van der Waals surface area contributed by atoms with Gasteiger partial charge in [0.15, 0.2) is 0 Å². The van der Waals surface area contributed by atoms with Crippen molar-refractivity contribution in [2.24, 2.45) is 11.8 Å². The van der Waals surface area contributed by atoms with Crippen molar-refractivity contribution in [2.75, 3.05) is 38.3 Å². The number of benzene rings is 1. The number of anilines is 1. The average molecular weight is 352 g/mol. The van der Waals surface area contributed by atoms with E-state index in [-0.39, 0.29) is 17.7 Å². The topological polar surface area (TPSA) is 58.6 Å². The van der Waals surface area contributed by atoms with Gasteiger partial charge in [0.05, 0.1) is 12.5 Å². The second-order valence-electron chi connectivity index (χ2n) is 7.07. The lowest BCUT2D eigenvalue weighted by Crippen LogP contribution is -2.42. The minimum Gasteiger partial charge on any atom is -0.384 e. The molecule has 0 radical (unpaired) electrons. The first-order chi connectivity index (χ1) is 12.8. The van der Waals surface area contributed by atoms with Crippen molar-refractivity contribution in [3.63, 3.8) is 0 Å². The molecule has 0 saturated carbocycles. The largest absolute Gasteiger partial charge is 0.384 e. The highest BCUT2D eigenvalue weighted by molar-refractivity contribution is 5.81. The Bertz CT molecular complexity index is 767. The van der Waals surface area contributed by atoms with Gasteiger partial charge >= 0.3 is 0 Å². The first kappa shape index (κ1) is 17.0. The summed E-state index contributed by atoms with van der Waals surface area (Å²) < 4.78 is 5.40. The quantitative estimate of drug-likeness (QED) is 0.839. The zero-order valence-electron chi connectivity index (χ0n) is 15.0. The molecule has 0 spiro atoms. The van der Waals surface area contributed by atoms with Gasteiger partial charge < -0.3 is 14.5 Å². The maximum absolute atomic E-state index is 13.3. The van der Waals surface area contributed by atoms with Crippen LogP contribution in [0.4, 0.5) is 5.82 Å². The van der Waals surface area contributed by atoms with E-state index in [2.05, 4.69) is 33.1 Å². The van der Waals surface area contributed by atoms with Crippen LogP contribution in [0.3, 0.4) is 0 Å². The van der Waals surface area contributed by atoms with Crippen molar-refractivity contribution >= 4 is 11.7 Å². The molecule has 4 rings (SSSR count). The summed E-state index contributed by atoms with van der Waals surface area (Å²) in [6.45, 7) is 3.55. The van der Waals surface area contributed by atoms with Crippen molar-refractivity contribution in [1.82, 2.24) is 14.9 Å². The smallest absolute Gasteiger partial charge is 0.228 e. The van der Waals surface area contributed by atoms with E-state index in [4.69, 9.17) is 4.74 Å². The molecule has 0 aliphatic carbocycles. The second-order valence-corrected chi connectivity index (χ2v) is 7.07. The minimum atomic E-state index is -0.0600. The van der Waals surface area contributed by atoms with Crippen LogP contribution < -0.4 is 4.90 Å². The number of carbonyl (C=O) groups excluding carboxylic acids is 1. The lowest BCUT2D eigenvalue weighted by atomic mass is 9.93. The molecule has 26 heavy (non-hydrogen) atoms. The van der Waals surface area contributed by atoms with E-state index in [0.717, 1.165) is 25.3 Å². The standard InChI is InChI=1S/C20H24N4O2/c1-26-13-17-11-24(19-6-8-21-14-22-19)12-18(17)20(25)23-9-7-15-4-2-3-5-16(15)10-23/h2-6,8,14,17-18H,7,9-13H2,1H3/t17-,18+/m0/s1. The molecule has 0 bridgehead atoms. The minimum absolute atomic E-state index is 0.0600. The predicted octanol–water partition coefficient (Wildman–Crippen LogP) is 1.76. The van der Waals surface area contributed by atoms with Gasteiger partial charge in [-0.05, 0) is 23.6 Å². The second kappa shape index (κ2) is 7.41. The molecule has 2 atom stereocenters. The number of methoxy groups -OCH3 is 1. The molecular weight excluding hydrogens is 328 g/mol. The lowest BCUT2D eigenvalue weighted by molar-refractivity contribution is -0.137. The molecule has 1 aromatic carbocycles. The van der Waals surface area contributed by atoms with Crippen LogP contribution in [0.5, 0.6) is 0 Å². The molecule has 6 heteroatoms. The summed E-state index contributed by atoms with van der Waals surface area (Å²) >= 11 is 0. The number of fused-ring (bicyclic) bond motifs is 1. The fourth-order valence-electron chi connectivity index (χ4n) is 4.11. The summed E-state index contributed by atoms with van der Waals surface area (Å²) in [7, 11) is 1.70. The van der Waals surface area contributed by atoms with Gasteiger partial charge in [-0.1, -0.05) is 24.3 Å². The number of amides is 1. The van der Waals surface area contributed by atoms with E-state index in [1.165, 1.54) is 11.1 Å². The van der Waals surface area contributed by atoms with Crippen LogP contribution in [-0.4, -0.2) is 54.1 Å². The molecule has 2 aliphatic rings. The summed E-state index contributed by atoms with van der Waals surface area (Å²) in [5.41, 5.74) is 2.63. The van der Waals surface area contributed by atoms with Crippen molar-refractivity contribution in [2.45, 2.75) is 13.0 Å². The Morgan fingerprint density at radius 2 is 2.08 bits per heavy atom. The molecule has 0 unspecified atom stereocenters. The molecular formula is C20H24N4O2. The highest BCUT2D eigenvalue weighted by Crippen LogP contribution is 2.30. The van der Waals surface area contributed by atoms with Gasteiger partial charge in [0.1, 0.15) is 12.1 Å². The molecule has 1 fully saturated rings. The highest BCUT2D eigenvalue weighted by Gasteiger charge is 2.40. The number of rotatable bonds is 4. The van der Waals surface area contributed by atoms with Gasteiger partial charge in [-0.15, -0.1) is 0 Å². The summed E-state index contributed by atoms with van der Waals surface area (Å²) in [5, 5.41) is 0. The van der Waals surface area contributed by atoms with Crippen LogP contribution >= 0.6 is 0 Å². The molecule has 1 amide bonds. The fourth-order valence-corrected chi connectivity index (χ4v) is 4.11. The Hall–Kier alpha value is -2.47. The van der Waals surface area contributed by atoms with E-state index in [9.17, 15) is 4.79 Å². The molecule has 136 valence electrons. The Balaban J connectivity index is 1.50. The van der Waals surface area contributed by atoms with E-state index in [1.54, 1.807) is 19.6 Å². The number of aromatic nitrogens is 2. The van der Waals surface area contributed by atoms with E-state index < -0.39 is 0 Å². The van der Waals surface area contributed by atoms with Crippen molar-refractivity contribution in [3.8, 4) is 0 Å². The summed E-state index contributed by atoms with van der Waals surface area (Å²) in [4.78, 5) is 25.8. The van der Waals surface area contributed by atoms with Gasteiger partial charge in [-0.3, -0.25) is 4.79 Å². The Morgan fingerprint density at radius 3 is 2.85 bits per heavy atom. The van der Waals surface area contributed by atoms with Gasteiger partial charge in [-0.25, -0.2) is 9.97 Å². The number of ether oxygens (including phenoxy) is 1. The third-order valence-corrected chi connectivity index (χ3v) is 5.47. The molecule has 2 aliphatic heterocycles. The van der Waals surface area contributed by atoms with Crippen molar-refractivity contribution in [3.05, 3.63) is 54.0 Å². The summed E-state index contributed by atoms with van der Waals surface area (Å²) in [6, 6.07) is 10.3. The first-order valence-corrected chi connectivity index (χ1v) is 9.11. The Kier molecular flexibility index (Phi) is 4.84. The lowest BCUT2D eigenvalue weighted by Gasteiger charge is -2.32. The van der Waals surface area contributed by atoms with Crippen molar-refractivity contribution in [1.29, 1.82) is 0 Å². The van der Waals surface area contributed by atoms with Gasteiger partial charge in [0.2, 0.25) is 5.91 Å². The molecule has 3 heterocycles. The molecule has 1 saturated heterocycles. The van der Waals surface area contributed by atoms with Crippen LogP contribution in [0.25, 0.3) is 0 Å². The molecule has 1 aromatic heterocycles. The summed E-state index contributed by atoms with van der Waals surface area (Å²) in [5.74, 6) is 1.23. The van der Waals surface area contributed by atoms with Crippen LogP contribution in [0.2, 0.25) is 0 Å². The van der Waals surface area contributed by atoms with Gasteiger partial charge in [0, 0.05) is 45.4 Å². The first-order valence-electron chi connectivity index (χ1n) is 9.11. The predicted molar refractivity (Wildman–Crippen MR) is 98.7 cm³/mol. The van der Waals surface area contributed by atoms with Crippen LogP contribution in [0.15, 0.2) is 42.9 Å². The van der Waals surface area contributed by atoms with Crippen LogP contribution in [0.1, 0.15) is 11.1 Å². The third-order valence-electron chi connectivity index (χ3n) is 5.47. The highest BCUT2D eigenvalue weighted by atomic mass is 16.5. The fraction of sp³-hybridized carbons (Fsp3) is 0.450. The van der Waals surface area contributed by atoms with E-state index in [1.807, 2.05) is 17.0 Å².